The van der Waals surface area contributed by atoms with Crippen molar-refractivity contribution in [1.29, 1.82) is 0 Å². The molecule has 0 radical (unpaired) electrons. The molecule has 1 aromatic carbocycles. The fourth-order valence-electron chi connectivity index (χ4n) is 2.14. The highest BCUT2D eigenvalue weighted by Gasteiger charge is 2.25. The van der Waals surface area contributed by atoms with Crippen molar-refractivity contribution in [1.82, 2.24) is 5.43 Å². The van der Waals surface area contributed by atoms with E-state index in [0.29, 0.717) is 17.0 Å². The Morgan fingerprint density at radius 3 is 2.86 bits per heavy atom. The Morgan fingerprint density at radius 1 is 1.24 bits per heavy atom. The highest BCUT2D eigenvalue weighted by Crippen LogP contribution is 2.26. The number of anilines is 1. The Hall–Kier alpha value is -3.15. The van der Waals surface area contributed by atoms with E-state index in [1.807, 2.05) is 30.3 Å². The van der Waals surface area contributed by atoms with E-state index in [4.69, 9.17) is 5.73 Å². The van der Waals surface area contributed by atoms with E-state index >= 15 is 0 Å². The quantitative estimate of drug-likeness (QED) is 0.702. The van der Waals surface area contributed by atoms with Gasteiger partial charge in [0.1, 0.15) is 0 Å². The van der Waals surface area contributed by atoms with Gasteiger partial charge in [-0.1, -0.05) is 24.3 Å². The second-order valence-electron chi connectivity index (χ2n) is 4.51. The predicted octanol–water partition coefficient (Wildman–Crippen LogP) is 0.907. The second-order valence-corrected chi connectivity index (χ2v) is 4.51. The second kappa shape index (κ2) is 5.09. The molecule has 0 bridgehead atoms. The van der Waals surface area contributed by atoms with Crippen molar-refractivity contribution < 1.29 is 9.59 Å². The smallest absolute Gasteiger partial charge is 0.275 e. The van der Waals surface area contributed by atoms with Crippen molar-refractivity contribution in [3.8, 4) is 0 Å². The van der Waals surface area contributed by atoms with Crippen molar-refractivity contribution in [2.24, 2.45) is 10.8 Å². The zero-order valence-electron chi connectivity index (χ0n) is 11.0. The third-order valence-corrected chi connectivity index (χ3v) is 3.10. The molecule has 2 heterocycles. The molecule has 0 saturated carbocycles. The fourth-order valence-corrected chi connectivity index (χ4v) is 2.14. The lowest BCUT2D eigenvalue weighted by molar-refractivity contribution is -0.116. The maximum atomic E-state index is 11.9. The lowest BCUT2D eigenvalue weighted by Crippen LogP contribution is -2.18. The normalized spacial score (nSPS) is 20.0. The van der Waals surface area contributed by atoms with E-state index in [1.54, 1.807) is 6.08 Å². The van der Waals surface area contributed by atoms with Gasteiger partial charge in [0, 0.05) is 11.8 Å². The van der Waals surface area contributed by atoms with Gasteiger partial charge in [-0.05, 0) is 23.8 Å². The molecule has 0 aliphatic carbocycles. The lowest BCUT2D eigenvalue weighted by Gasteiger charge is -2.16. The maximum absolute atomic E-state index is 11.9. The summed E-state index contributed by atoms with van der Waals surface area (Å²) in [5, 5.41) is 7.08. The monoisotopic (exact) mass is 280 g/mol. The number of carbonyl (C=O) groups excluding carboxylic acids is 2. The zero-order valence-corrected chi connectivity index (χ0v) is 11.0. The number of carbonyl (C=O) groups is 2. The van der Waals surface area contributed by atoms with Crippen LogP contribution < -0.4 is 16.5 Å². The molecule has 1 aromatic rings. The molecule has 2 aliphatic heterocycles. The summed E-state index contributed by atoms with van der Waals surface area (Å²) in [6, 6.07) is 7.73. The van der Waals surface area contributed by atoms with Crippen LogP contribution in [0.25, 0.3) is 6.08 Å². The number of hydrazone groups is 1. The minimum atomic E-state index is -0.598. The molecular weight excluding hydrogens is 268 g/mol. The molecule has 0 unspecified atom stereocenters. The first-order valence-electron chi connectivity index (χ1n) is 6.29. The van der Waals surface area contributed by atoms with Gasteiger partial charge in [-0.2, -0.15) is 5.10 Å². The molecule has 104 valence electrons. The van der Waals surface area contributed by atoms with Crippen LogP contribution in [0, 0.1) is 0 Å². The van der Waals surface area contributed by atoms with Gasteiger partial charge in [0.15, 0.2) is 0 Å². The molecule has 2 amide bonds. The minimum Gasteiger partial charge on any atom is -0.366 e. The molecule has 0 aromatic heterocycles. The molecule has 4 N–H and O–H groups in total. The van der Waals surface area contributed by atoms with Crippen LogP contribution in [0.1, 0.15) is 5.56 Å². The average molecular weight is 280 g/mol. The largest absolute Gasteiger partial charge is 0.366 e. The molecule has 0 spiro atoms. The van der Waals surface area contributed by atoms with Gasteiger partial charge < -0.3 is 11.1 Å². The summed E-state index contributed by atoms with van der Waals surface area (Å²) in [6.07, 6.45) is 6.30. The molecular formula is C15H12N4O2. The van der Waals surface area contributed by atoms with Crippen LogP contribution in [0.3, 0.4) is 0 Å². The van der Waals surface area contributed by atoms with Gasteiger partial charge in [-0.15, -0.1) is 0 Å². The Labute approximate surface area is 120 Å². The number of primary amides is 1. The van der Waals surface area contributed by atoms with E-state index in [1.165, 1.54) is 12.2 Å². The van der Waals surface area contributed by atoms with E-state index < -0.39 is 5.91 Å². The zero-order chi connectivity index (χ0) is 14.8. The first kappa shape index (κ1) is 12.9. The first-order valence-corrected chi connectivity index (χ1v) is 6.29. The maximum Gasteiger partial charge on any atom is 0.275 e. The highest BCUT2D eigenvalue weighted by molar-refractivity contribution is 6.30. The molecule has 3 rings (SSSR count). The number of nitrogens with two attached hydrogens (primary N) is 1. The number of hydrogen-bond donors (Lipinski definition) is 3. The van der Waals surface area contributed by atoms with Crippen LogP contribution in [0.4, 0.5) is 5.69 Å². The molecule has 0 atom stereocenters. The Morgan fingerprint density at radius 2 is 2.05 bits per heavy atom. The van der Waals surface area contributed by atoms with Crippen molar-refractivity contribution in [3.63, 3.8) is 0 Å². The summed E-state index contributed by atoms with van der Waals surface area (Å²) < 4.78 is 0. The van der Waals surface area contributed by atoms with Crippen LogP contribution in [-0.4, -0.2) is 17.5 Å². The van der Waals surface area contributed by atoms with Crippen molar-refractivity contribution >= 4 is 29.3 Å². The van der Waals surface area contributed by atoms with Crippen LogP contribution >= 0.6 is 0 Å². The number of nitrogens with one attached hydrogen (secondary N) is 2. The summed E-state index contributed by atoms with van der Waals surface area (Å²) in [6.45, 7) is 0. The van der Waals surface area contributed by atoms with Crippen LogP contribution in [0.2, 0.25) is 0 Å². The summed E-state index contributed by atoms with van der Waals surface area (Å²) in [5.41, 5.74) is 10.7. The number of amides is 2. The average Bonchev–Trinajstić information content (AvgIpc) is 2.85. The third kappa shape index (κ3) is 2.46. The lowest BCUT2D eigenvalue weighted by atomic mass is 10.0. The topological polar surface area (TPSA) is 96.6 Å². The molecule has 2 aliphatic rings. The van der Waals surface area contributed by atoms with Crippen molar-refractivity contribution in [3.05, 3.63) is 59.3 Å². The summed E-state index contributed by atoms with van der Waals surface area (Å²) in [5.74, 6) is -0.926. The van der Waals surface area contributed by atoms with Gasteiger partial charge in [-0.25, -0.2) is 5.43 Å². The standard InChI is InChI=1S/C15H12N4O2/c16-13(20)8-7-12-14(15(21)19-18-12)11-6-5-9-3-1-2-4-10(9)17-11/h1-8,17H,(H2,16,20)(H,19,21). The minimum absolute atomic E-state index is 0.328. The van der Waals surface area contributed by atoms with Gasteiger partial charge in [0.05, 0.1) is 17.0 Å². The molecule has 6 nitrogen and oxygen atoms in total. The number of nitrogens with zero attached hydrogens (tertiary/aromatic N) is 1. The van der Waals surface area contributed by atoms with Gasteiger partial charge in [-0.3, -0.25) is 9.59 Å². The molecule has 6 heteroatoms. The summed E-state index contributed by atoms with van der Waals surface area (Å²) >= 11 is 0. The number of fused-ring (bicyclic) bond motifs is 1. The molecule has 0 fully saturated rings. The van der Waals surface area contributed by atoms with Crippen molar-refractivity contribution in [2.75, 3.05) is 5.32 Å². The molecule has 0 saturated heterocycles. The van der Waals surface area contributed by atoms with E-state index in [0.717, 1.165) is 11.3 Å². The predicted molar refractivity (Wildman–Crippen MR) is 80.0 cm³/mol. The van der Waals surface area contributed by atoms with Crippen LogP contribution in [0.5, 0.6) is 0 Å². The molecule has 21 heavy (non-hydrogen) atoms. The van der Waals surface area contributed by atoms with Crippen LogP contribution in [-0.2, 0) is 9.59 Å². The Kier molecular flexibility index (Phi) is 3.12. The SMILES string of the molecule is NC(=O)C=CC1=NNC(=O)C1=C1C=Cc2ccccc2N1. The number of allylic oxidation sites excluding steroid dienone is 2. The summed E-state index contributed by atoms with van der Waals surface area (Å²) in [7, 11) is 0. The van der Waals surface area contributed by atoms with Crippen molar-refractivity contribution in [2.45, 2.75) is 0 Å². The number of rotatable bonds is 2. The first-order chi connectivity index (χ1) is 10.1. The van der Waals surface area contributed by atoms with Gasteiger partial charge in [0.2, 0.25) is 5.91 Å². The van der Waals surface area contributed by atoms with E-state index in [-0.39, 0.29) is 5.91 Å². The van der Waals surface area contributed by atoms with Crippen LogP contribution in [0.15, 0.2) is 58.9 Å². The number of para-hydroxylation sites is 1. The number of benzene rings is 1. The van der Waals surface area contributed by atoms with E-state index in [2.05, 4.69) is 15.8 Å². The Bertz CT molecular complexity index is 757. The highest BCUT2D eigenvalue weighted by atomic mass is 16.2. The summed E-state index contributed by atoms with van der Waals surface area (Å²) in [4.78, 5) is 22.7. The third-order valence-electron chi connectivity index (χ3n) is 3.10. The van der Waals surface area contributed by atoms with E-state index in [9.17, 15) is 9.59 Å². The van der Waals surface area contributed by atoms with Gasteiger partial charge >= 0.3 is 0 Å². The van der Waals surface area contributed by atoms with Gasteiger partial charge in [0.25, 0.3) is 5.91 Å². The fraction of sp³-hybridized carbons (Fsp3) is 0. The Balaban J connectivity index is 2.00. The number of hydrogen-bond acceptors (Lipinski definition) is 4.